The average molecular weight is 384 g/mol. The molecule has 7 heteroatoms. The zero-order valence-corrected chi connectivity index (χ0v) is 16.9. The molecule has 5 nitrogen and oxygen atoms in total. The highest BCUT2D eigenvalue weighted by atomic mass is 32.2. The third kappa shape index (κ3) is 6.55. The lowest BCUT2D eigenvalue weighted by molar-refractivity contribution is 0.419. The Bertz CT molecular complexity index is 672. The van der Waals surface area contributed by atoms with E-state index in [-0.39, 0.29) is 0 Å². The minimum Gasteiger partial charge on any atom is -0.356 e. The van der Waals surface area contributed by atoms with Crippen molar-refractivity contribution in [3.8, 4) is 0 Å². The number of nitrogens with zero attached hydrogens (tertiary/aromatic N) is 1. The van der Waals surface area contributed by atoms with Crippen LogP contribution in [0.1, 0.15) is 31.2 Å². The monoisotopic (exact) mass is 383 g/mol. The maximum Gasteiger partial charge on any atom is 0.191 e. The van der Waals surface area contributed by atoms with E-state index in [1.54, 1.807) is 19.2 Å². The first-order chi connectivity index (χ1) is 11.9. The third-order valence-electron chi connectivity index (χ3n) is 4.58. The summed E-state index contributed by atoms with van der Waals surface area (Å²) in [5.74, 6) is 0.847. The van der Waals surface area contributed by atoms with Crippen LogP contribution in [-0.4, -0.2) is 51.8 Å². The summed E-state index contributed by atoms with van der Waals surface area (Å²) >= 11 is 1.96. The molecule has 0 spiro atoms. The highest BCUT2D eigenvalue weighted by Crippen LogP contribution is 2.26. The molecule has 1 aliphatic rings. The molecule has 1 fully saturated rings. The Hall–Kier alpha value is -1.21. The third-order valence-corrected chi connectivity index (χ3v) is 6.80. The van der Waals surface area contributed by atoms with E-state index < -0.39 is 9.84 Å². The first-order valence-corrected chi connectivity index (χ1v) is 11.9. The van der Waals surface area contributed by atoms with E-state index in [0.717, 1.165) is 29.7 Å². The molecular formula is C18H29N3O2S2. The molecule has 0 bridgehead atoms. The summed E-state index contributed by atoms with van der Waals surface area (Å²) < 4.78 is 23.0. The number of aliphatic imine (C=N–C) groups is 1. The quantitative estimate of drug-likeness (QED) is 0.583. The number of hydrogen-bond acceptors (Lipinski definition) is 4. The highest BCUT2D eigenvalue weighted by molar-refractivity contribution is 7.99. The van der Waals surface area contributed by atoms with Crippen LogP contribution in [0, 0.1) is 0 Å². The van der Waals surface area contributed by atoms with Crippen molar-refractivity contribution < 1.29 is 8.42 Å². The molecule has 2 N–H and O–H groups in total. The smallest absolute Gasteiger partial charge is 0.191 e. The molecule has 0 amide bonds. The molecular weight excluding hydrogens is 354 g/mol. The molecule has 0 aromatic heterocycles. The Kier molecular flexibility index (Phi) is 7.62. The van der Waals surface area contributed by atoms with Crippen molar-refractivity contribution in [3.63, 3.8) is 0 Å². The number of nitrogens with one attached hydrogen (secondary N) is 2. The van der Waals surface area contributed by atoms with Crippen LogP contribution < -0.4 is 10.6 Å². The summed E-state index contributed by atoms with van der Waals surface area (Å²) in [6.45, 7) is 0.760. The fourth-order valence-electron chi connectivity index (χ4n) is 3.11. The molecule has 2 atom stereocenters. The minimum absolute atomic E-state index is 0.363. The summed E-state index contributed by atoms with van der Waals surface area (Å²) in [4.78, 5) is 4.68. The first kappa shape index (κ1) is 20.1. The van der Waals surface area contributed by atoms with Gasteiger partial charge in [0.15, 0.2) is 15.8 Å². The number of rotatable bonds is 6. The summed E-state index contributed by atoms with van der Waals surface area (Å²) in [6.07, 6.45) is 9.21. The van der Waals surface area contributed by atoms with E-state index in [9.17, 15) is 8.42 Å². The van der Waals surface area contributed by atoms with Crippen LogP contribution >= 0.6 is 11.8 Å². The molecule has 140 valence electrons. The molecule has 25 heavy (non-hydrogen) atoms. The van der Waals surface area contributed by atoms with Gasteiger partial charge in [-0.15, -0.1) is 0 Å². The van der Waals surface area contributed by atoms with Crippen molar-refractivity contribution in [2.24, 2.45) is 4.99 Å². The fraction of sp³-hybridized carbons (Fsp3) is 0.611. The lowest BCUT2D eigenvalue weighted by Gasteiger charge is -2.29. The van der Waals surface area contributed by atoms with Crippen molar-refractivity contribution in [2.45, 2.75) is 48.3 Å². The van der Waals surface area contributed by atoms with Crippen molar-refractivity contribution in [3.05, 3.63) is 29.8 Å². The topological polar surface area (TPSA) is 70.6 Å². The van der Waals surface area contributed by atoms with Gasteiger partial charge in [0.2, 0.25) is 0 Å². The molecule has 1 saturated carbocycles. The Labute approximate surface area is 156 Å². The number of hydrogen-bond donors (Lipinski definition) is 2. The second-order valence-corrected chi connectivity index (χ2v) is 9.68. The predicted molar refractivity (Wildman–Crippen MR) is 107 cm³/mol. The predicted octanol–water partition coefficient (Wildman–Crippen LogP) is 2.47. The van der Waals surface area contributed by atoms with E-state index in [1.807, 2.05) is 23.9 Å². The zero-order chi connectivity index (χ0) is 18.3. The van der Waals surface area contributed by atoms with Crippen molar-refractivity contribution in [2.75, 3.05) is 26.1 Å². The van der Waals surface area contributed by atoms with Crippen LogP contribution in [0.25, 0.3) is 0 Å². The molecule has 2 rings (SSSR count). The van der Waals surface area contributed by atoms with Crippen molar-refractivity contribution in [1.29, 1.82) is 0 Å². The van der Waals surface area contributed by atoms with E-state index in [0.29, 0.717) is 10.9 Å². The molecule has 1 aliphatic carbocycles. The van der Waals surface area contributed by atoms with Crippen LogP contribution in [0.2, 0.25) is 0 Å². The zero-order valence-electron chi connectivity index (χ0n) is 15.3. The molecule has 2 unspecified atom stereocenters. The average Bonchev–Trinajstić information content (AvgIpc) is 2.60. The Balaban J connectivity index is 1.79. The van der Waals surface area contributed by atoms with Gasteiger partial charge in [-0.2, -0.15) is 11.8 Å². The maximum absolute atomic E-state index is 11.5. The second-order valence-electron chi connectivity index (χ2n) is 6.53. The molecule has 0 heterocycles. The van der Waals surface area contributed by atoms with Crippen LogP contribution in [0.3, 0.4) is 0 Å². The number of sulfone groups is 1. The van der Waals surface area contributed by atoms with Gasteiger partial charge < -0.3 is 10.6 Å². The minimum atomic E-state index is -3.13. The lowest BCUT2D eigenvalue weighted by Crippen LogP contribution is -2.46. The highest BCUT2D eigenvalue weighted by Gasteiger charge is 2.21. The first-order valence-electron chi connectivity index (χ1n) is 8.71. The van der Waals surface area contributed by atoms with E-state index in [1.165, 1.54) is 31.9 Å². The van der Waals surface area contributed by atoms with Crippen LogP contribution in [0.4, 0.5) is 0 Å². The van der Waals surface area contributed by atoms with Crippen LogP contribution in [0.5, 0.6) is 0 Å². The van der Waals surface area contributed by atoms with Crippen molar-refractivity contribution >= 4 is 27.6 Å². The van der Waals surface area contributed by atoms with E-state index >= 15 is 0 Å². The summed E-state index contributed by atoms with van der Waals surface area (Å²) in [5, 5.41) is 7.64. The van der Waals surface area contributed by atoms with Gasteiger partial charge in [0.1, 0.15) is 0 Å². The Morgan fingerprint density at radius 2 is 2.00 bits per heavy atom. The molecule has 0 saturated heterocycles. The van der Waals surface area contributed by atoms with Gasteiger partial charge in [0.05, 0.1) is 4.90 Å². The largest absolute Gasteiger partial charge is 0.356 e. The van der Waals surface area contributed by atoms with Gasteiger partial charge in [-0.05, 0) is 49.6 Å². The number of benzene rings is 1. The Morgan fingerprint density at radius 1 is 1.28 bits per heavy atom. The van der Waals surface area contributed by atoms with Crippen LogP contribution in [-0.2, 0) is 16.3 Å². The number of thioether (sulfide) groups is 1. The normalized spacial score (nSPS) is 21.8. The van der Waals surface area contributed by atoms with Gasteiger partial charge in [-0.1, -0.05) is 18.6 Å². The number of guanidine groups is 1. The van der Waals surface area contributed by atoms with Crippen molar-refractivity contribution in [1.82, 2.24) is 10.6 Å². The molecule has 0 radical (unpaired) electrons. The molecule has 1 aromatic carbocycles. The molecule has 1 aromatic rings. The Morgan fingerprint density at radius 3 is 2.60 bits per heavy atom. The molecule has 0 aliphatic heterocycles. The van der Waals surface area contributed by atoms with Gasteiger partial charge in [0, 0.05) is 31.1 Å². The van der Waals surface area contributed by atoms with Gasteiger partial charge in [-0.3, -0.25) is 4.99 Å². The fourth-order valence-corrected chi connectivity index (χ4v) is 4.56. The second kappa shape index (κ2) is 9.48. The summed E-state index contributed by atoms with van der Waals surface area (Å²) in [7, 11) is -1.33. The van der Waals surface area contributed by atoms with E-state index in [2.05, 4.69) is 21.9 Å². The lowest BCUT2D eigenvalue weighted by atomic mass is 9.95. The van der Waals surface area contributed by atoms with Crippen LogP contribution in [0.15, 0.2) is 34.2 Å². The summed E-state index contributed by atoms with van der Waals surface area (Å²) in [6, 6.07) is 7.58. The van der Waals surface area contributed by atoms with E-state index in [4.69, 9.17) is 0 Å². The van der Waals surface area contributed by atoms with Gasteiger partial charge in [-0.25, -0.2) is 8.42 Å². The van der Waals surface area contributed by atoms with Gasteiger partial charge in [0.25, 0.3) is 0 Å². The maximum atomic E-state index is 11.5. The van der Waals surface area contributed by atoms with Gasteiger partial charge >= 0.3 is 0 Å². The SMILES string of the molecule is CN=C(NCCc1ccc(S(C)(=O)=O)cc1)NC1CCCC(SC)C1. The standard InChI is InChI=1S/C18H29N3O2S2/c1-19-18(21-15-5-4-6-16(13-15)24-2)20-12-11-14-7-9-17(10-8-14)25(3,22)23/h7-10,15-16H,4-6,11-13H2,1-3H3,(H2,19,20,21). The summed E-state index contributed by atoms with van der Waals surface area (Å²) in [5.41, 5.74) is 1.11.